The molecule has 5 rings (SSSR count). The van der Waals surface area contributed by atoms with Crippen molar-refractivity contribution in [2.75, 3.05) is 5.73 Å². The molecule has 1 fully saturated rings. The Hall–Kier alpha value is -3.32. The number of ether oxygens (including phenoxy) is 1. The number of benzene rings is 2. The fraction of sp³-hybridized carbons (Fsp3) is 0.238. The van der Waals surface area contributed by atoms with Crippen LogP contribution >= 0.6 is 0 Å². The van der Waals surface area contributed by atoms with Gasteiger partial charge in [0.2, 0.25) is 11.3 Å². The van der Waals surface area contributed by atoms with Gasteiger partial charge in [0.25, 0.3) is 5.79 Å². The molecule has 1 heterocycles. The molecule has 2 aromatic carbocycles. The van der Waals surface area contributed by atoms with Gasteiger partial charge in [0.05, 0.1) is 5.56 Å². The fourth-order valence-electron chi connectivity index (χ4n) is 4.40. The normalized spacial score (nSPS) is 26.8. The van der Waals surface area contributed by atoms with Crippen LogP contribution in [0.5, 0.6) is 5.75 Å². The summed E-state index contributed by atoms with van der Waals surface area (Å²) in [4.78, 5) is 25.0. The summed E-state index contributed by atoms with van der Waals surface area (Å²) in [5.74, 6) is -2.19. The largest absolute Gasteiger partial charge is 0.465 e. The van der Waals surface area contributed by atoms with E-state index < -0.39 is 23.2 Å². The second-order valence-corrected chi connectivity index (χ2v) is 7.54. The summed E-state index contributed by atoms with van der Waals surface area (Å²) < 4.78 is 5.88. The molecule has 28 heavy (non-hydrogen) atoms. The van der Waals surface area contributed by atoms with Crippen molar-refractivity contribution in [2.24, 2.45) is 5.92 Å². The van der Waals surface area contributed by atoms with Crippen LogP contribution in [0.4, 0.5) is 10.5 Å². The summed E-state index contributed by atoms with van der Waals surface area (Å²) in [6.07, 6.45) is 0.702. The fourth-order valence-corrected chi connectivity index (χ4v) is 4.40. The monoisotopic (exact) mass is 378 g/mol. The summed E-state index contributed by atoms with van der Waals surface area (Å²) >= 11 is 0. The van der Waals surface area contributed by atoms with E-state index in [1.807, 2.05) is 0 Å². The predicted molar refractivity (Wildman–Crippen MR) is 101 cm³/mol. The van der Waals surface area contributed by atoms with Crippen LogP contribution in [-0.2, 0) is 11.3 Å². The summed E-state index contributed by atoms with van der Waals surface area (Å²) in [6, 6.07) is 9.73. The van der Waals surface area contributed by atoms with Gasteiger partial charge < -0.3 is 20.7 Å². The molecule has 2 aromatic rings. The number of fused-ring (bicyclic) bond motifs is 5. The molecule has 3 aliphatic rings. The van der Waals surface area contributed by atoms with E-state index in [9.17, 15) is 19.8 Å². The first-order chi connectivity index (χ1) is 13.3. The maximum absolute atomic E-state index is 13.4. The van der Waals surface area contributed by atoms with Crippen LogP contribution in [0.15, 0.2) is 43.0 Å². The maximum Gasteiger partial charge on any atom is 0.405 e. The van der Waals surface area contributed by atoms with Gasteiger partial charge in [-0.15, -0.1) is 0 Å². The summed E-state index contributed by atoms with van der Waals surface area (Å²) in [5, 5.41) is 23.2. The highest BCUT2D eigenvalue weighted by atomic mass is 16.6. The van der Waals surface area contributed by atoms with Gasteiger partial charge in [-0.1, -0.05) is 30.8 Å². The molecule has 0 aromatic heterocycles. The third-order valence-corrected chi connectivity index (χ3v) is 5.92. The minimum Gasteiger partial charge on any atom is -0.465 e. The second kappa shape index (κ2) is 5.14. The molecule has 142 valence electrons. The molecule has 0 saturated heterocycles. The Kier molecular flexibility index (Phi) is 3.09. The van der Waals surface area contributed by atoms with Crippen molar-refractivity contribution in [1.82, 2.24) is 5.32 Å². The number of ketones is 1. The number of amides is 1. The minimum absolute atomic E-state index is 0.0656. The lowest BCUT2D eigenvalue weighted by Gasteiger charge is -2.33. The molecular formula is C21H18N2O5. The number of Topliss-reactive ketones (excluding diaryl/α,β-unsaturated/α-hetero) is 1. The number of aliphatic hydroxyl groups is 1. The van der Waals surface area contributed by atoms with Crippen LogP contribution < -0.4 is 15.8 Å². The van der Waals surface area contributed by atoms with Crippen molar-refractivity contribution in [3.63, 3.8) is 0 Å². The van der Waals surface area contributed by atoms with E-state index in [1.165, 1.54) is 12.1 Å². The van der Waals surface area contributed by atoms with Crippen molar-refractivity contribution >= 4 is 23.1 Å². The number of carboxylic acid groups (broad SMARTS) is 1. The first kappa shape index (κ1) is 16.8. The Bertz CT molecular complexity index is 1090. The lowest BCUT2D eigenvalue weighted by Crippen LogP contribution is -2.59. The van der Waals surface area contributed by atoms with Crippen LogP contribution in [0.3, 0.4) is 0 Å². The Morgan fingerprint density at radius 3 is 2.68 bits per heavy atom. The van der Waals surface area contributed by atoms with Crippen molar-refractivity contribution in [2.45, 2.75) is 24.2 Å². The Morgan fingerprint density at radius 1 is 1.25 bits per heavy atom. The third-order valence-electron chi connectivity index (χ3n) is 5.92. The van der Waals surface area contributed by atoms with Gasteiger partial charge in [-0.2, -0.15) is 0 Å². The summed E-state index contributed by atoms with van der Waals surface area (Å²) in [5.41, 5.74) is 6.37. The van der Waals surface area contributed by atoms with E-state index in [4.69, 9.17) is 10.5 Å². The van der Waals surface area contributed by atoms with Crippen LogP contribution in [-0.4, -0.2) is 22.1 Å². The molecule has 7 nitrogen and oxygen atoms in total. The molecule has 2 aliphatic carbocycles. The standard InChI is InChI=1S/C21H18N2O5/c1-10(11-5-6-11)12-7-8-13-16(9-12)28-21(27)14-3-2-4-15(22)17(14)18(24)20(13,21)23-19(25)26/h2-4,7-9,11,23,27H,1,5-6,22H2,(H,25,26)/t20-,21-/m1/s1. The van der Waals surface area contributed by atoms with Gasteiger partial charge in [0.1, 0.15) is 5.75 Å². The molecule has 5 N–H and O–H groups in total. The molecule has 0 bridgehead atoms. The van der Waals surface area contributed by atoms with Gasteiger partial charge in [-0.25, -0.2) is 4.79 Å². The van der Waals surface area contributed by atoms with Crippen LogP contribution in [0.2, 0.25) is 0 Å². The highest BCUT2D eigenvalue weighted by Gasteiger charge is 2.72. The molecule has 7 heteroatoms. The second-order valence-electron chi connectivity index (χ2n) is 7.54. The first-order valence-corrected chi connectivity index (χ1v) is 8.99. The van der Waals surface area contributed by atoms with E-state index >= 15 is 0 Å². The number of nitrogen functional groups attached to an aromatic ring is 1. The van der Waals surface area contributed by atoms with E-state index in [1.54, 1.807) is 24.3 Å². The van der Waals surface area contributed by atoms with Crippen molar-refractivity contribution in [3.8, 4) is 5.75 Å². The van der Waals surface area contributed by atoms with E-state index in [0.29, 0.717) is 5.92 Å². The number of carbonyl (C=O) groups is 2. The molecular weight excluding hydrogens is 360 g/mol. The van der Waals surface area contributed by atoms with E-state index in [2.05, 4.69) is 11.9 Å². The van der Waals surface area contributed by atoms with Crippen molar-refractivity contribution in [1.29, 1.82) is 0 Å². The smallest absolute Gasteiger partial charge is 0.405 e. The predicted octanol–water partition coefficient (Wildman–Crippen LogP) is 2.59. The quantitative estimate of drug-likeness (QED) is 0.609. The summed E-state index contributed by atoms with van der Waals surface area (Å²) in [6.45, 7) is 4.12. The van der Waals surface area contributed by atoms with Crippen molar-refractivity contribution in [3.05, 3.63) is 65.2 Å². The number of allylic oxidation sites excluding steroid dienone is 1. The average molecular weight is 378 g/mol. The lowest BCUT2D eigenvalue weighted by atomic mass is 9.82. The molecule has 1 aliphatic heterocycles. The zero-order valence-electron chi connectivity index (χ0n) is 14.9. The Balaban J connectivity index is 1.74. The van der Waals surface area contributed by atoms with E-state index in [-0.39, 0.29) is 28.1 Å². The van der Waals surface area contributed by atoms with Gasteiger partial charge in [-0.05, 0) is 42.0 Å². The number of hydrogen-bond acceptors (Lipinski definition) is 5. The molecule has 0 unspecified atom stereocenters. The summed E-state index contributed by atoms with van der Waals surface area (Å²) in [7, 11) is 0. The topological polar surface area (TPSA) is 122 Å². The Labute approximate surface area is 160 Å². The number of nitrogens with two attached hydrogens (primary N) is 1. The first-order valence-electron chi connectivity index (χ1n) is 8.99. The number of carbonyl (C=O) groups excluding carboxylic acids is 1. The highest BCUT2D eigenvalue weighted by Crippen LogP contribution is 2.59. The number of rotatable bonds is 3. The van der Waals surface area contributed by atoms with Crippen LogP contribution in [0, 0.1) is 5.92 Å². The molecule has 1 saturated carbocycles. The average Bonchev–Trinajstić information content (AvgIpc) is 3.43. The minimum atomic E-state index is -2.23. The van der Waals surface area contributed by atoms with Crippen LogP contribution in [0.1, 0.15) is 39.9 Å². The Morgan fingerprint density at radius 2 is 2.00 bits per heavy atom. The molecule has 0 spiro atoms. The highest BCUT2D eigenvalue weighted by molar-refractivity contribution is 6.14. The van der Waals surface area contributed by atoms with Gasteiger partial charge >= 0.3 is 6.09 Å². The zero-order valence-corrected chi connectivity index (χ0v) is 14.9. The molecule has 1 amide bonds. The van der Waals surface area contributed by atoms with Gasteiger partial charge in [-0.3, -0.25) is 10.1 Å². The van der Waals surface area contributed by atoms with Gasteiger partial charge in [0, 0.05) is 16.8 Å². The van der Waals surface area contributed by atoms with Crippen LogP contribution in [0.25, 0.3) is 5.57 Å². The molecule has 2 atom stereocenters. The maximum atomic E-state index is 13.4. The number of hydrogen-bond donors (Lipinski definition) is 4. The van der Waals surface area contributed by atoms with Gasteiger partial charge in [0.15, 0.2) is 0 Å². The lowest BCUT2D eigenvalue weighted by molar-refractivity contribution is -0.169. The van der Waals surface area contributed by atoms with Crippen molar-refractivity contribution < 1.29 is 24.5 Å². The third kappa shape index (κ3) is 1.86. The number of nitrogens with one attached hydrogen (secondary N) is 1. The zero-order chi connectivity index (χ0) is 19.8. The SMILES string of the molecule is C=C(c1ccc2c(c1)O[C@]1(O)c3cccc(N)c3C(=O)[C@]21NC(=O)O)C1CC1. The molecule has 0 radical (unpaired) electrons. The number of anilines is 1. The van der Waals surface area contributed by atoms with E-state index in [0.717, 1.165) is 24.0 Å².